The Labute approximate surface area is 159 Å². The van der Waals surface area contributed by atoms with Crippen molar-refractivity contribution in [2.24, 2.45) is 0 Å². The highest BCUT2D eigenvalue weighted by Crippen LogP contribution is 2.36. The van der Waals surface area contributed by atoms with Crippen molar-refractivity contribution >= 4 is 50.3 Å². The molecule has 0 saturated carbocycles. The number of carboxylic acids is 1. The van der Waals surface area contributed by atoms with Crippen molar-refractivity contribution < 1.29 is 19.4 Å². The predicted molar refractivity (Wildman–Crippen MR) is 107 cm³/mol. The third kappa shape index (κ3) is 4.17. The molecule has 0 aliphatic carbocycles. The molecule has 0 aliphatic rings. The van der Waals surface area contributed by atoms with Gasteiger partial charge in [-0.2, -0.15) is 0 Å². The average molecular weight is 387 g/mol. The van der Waals surface area contributed by atoms with E-state index in [-0.39, 0.29) is 5.75 Å². The summed E-state index contributed by atoms with van der Waals surface area (Å²) in [6.45, 7) is 0. The van der Waals surface area contributed by atoms with Crippen LogP contribution in [0, 0.1) is 0 Å². The molecule has 3 rings (SSSR count). The fraction of sp³-hybridized carbons (Fsp3) is 0.158. The maximum atomic E-state index is 11.0. The number of methoxy groups -OCH3 is 2. The zero-order chi connectivity index (χ0) is 18.5. The van der Waals surface area contributed by atoms with E-state index in [1.807, 2.05) is 48.5 Å². The van der Waals surface area contributed by atoms with E-state index in [0.717, 1.165) is 25.7 Å². The lowest BCUT2D eigenvalue weighted by atomic mass is 10.2. The lowest BCUT2D eigenvalue weighted by molar-refractivity contribution is -0.133. The molecular formula is C19H17NO4S2. The number of hydrogen-bond acceptors (Lipinski definition) is 6. The van der Waals surface area contributed by atoms with Gasteiger partial charge in [-0.15, -0.1) is 23.1 Å². The molecular weight excluding hydrogens is 370 g/mol. The minimum atomic E-state index is -0.866. The van der Waals surface area contributed by atoms with Crippen LogP contribution in [0.2, 0.25) is 0 Å². The summed E-state index contributed by atoms with van der Waals surface area (Å²) in [7, 11) is 3.17. The van der Waals surface area contributed by atoms with Crippen molar-refractivity contribution in [1.29, 1.82) is 0 Å². The summed E-state index contributed by atoms with van der Waals surface area (Å²) in [6, 6.07) is 13.4. The van der Waals surface area contributed by atoms with Gasteiger partial charge in [-0.3, -0.25) is 4.79 Å². The Hall–Kier alpha value is -2.51. The maximum absolute atomic E-state index is 11.0. The molecule has 0 saturated heterocycles. The van der Waals surface area contributed by atoms with E-state index in [2.05, 4.69) is 4.98 Å². The number of carboxylic acid groups (broad SMARTS) is 1. The first-order valence-corrected chi connectivity index (χ1v) is 9.55. The van der Waals surface area contributed by atoms with Crippen LogP contribution in [0.5, 0.6) is 11.5 Å². The molecule has 7 heteroatoms. The van der Waals surface area contributed by atoms with Gasteiger partial charge in [0, 0.05) is 4.91 Å². The molecule has 0 spiro atoms. The third-order valence-electron chi connectivity index (χ3n) is 3.56. The average Bonchev–Trinajstić information content (AvgIpc) is 3.08. The number of hydrogen-bond donors (Lipinski definition) is 1. The second-order valence-corrected chi connectivity index (χ2v) is 7.34. The third-order valence-corrected chi connectivity index (χ3v) is 5.77. The minimum Gasteiger partial charge on any atom is -0.493 e. The van der Waals surface area contributed by atoms with Crippen molar-refractivity contribution in [3.63, 3.8) is 0 Å². The van der Waals surface area contributed by atoms with Crippen LogP contribution in [-0.4, -0.2) is 36.0 Å². The molecule has 0 fully saturated rings. The van der Waals surface area contributed by atoms with Gasteiger partial charge in [0.15, 0.2) is 11.5 Å². The highest BCUT2D eigenvalue weighted by atomic mass is 32.2. The quantitative estimate of drug-likeness (QED) is 0.637. The number of benzene rings is 2. The smallest absolute Gasteiger partial charge is 0.313 e. The highest BCUT2D eigenvalue weighted by molar-refractivity contribution is 8.09. The number of para-hydroxylation sites is 1. The Balaban J connectivity index is 2.02. The zero-order valence-corrected chi connectivity index (χ0v) is 15.9. The lowest BCUT2D eigenvalue weighted by Gasteiger charge is -2.08. The summed E-state index contributed by atoms with van der Waals surface area (Å²) in [5.41, 5.74) is 1.79. The van der Waals surface area contributed by atoms with Gasteiger partial charge in [0.25, 0.3) is 0 Å². The molecule has 0 bridgehead atoms. The fourth-order valence-electron chi connectivity index (χ4n) is 2.38. The van der Waals surface area contributed by atoms with Crippen LogP contribution in [0.1, 0.15) is 10.6 Å². The van der Waals surface area contributed by atoms with Crippen LogP contribution in [-0.2, 0) is 4.79 Å². The van der Waals surface area contributed by atoms with Gasteiger partial charge in [-0.05, 0) is 35.9 Å². The Kier molecular flexibility index (Phi) is 5.80. The second kappa shape index (κ2) is 8.25. The van der Waals surface area contributed by atoms with E-state index in [4.69, 9.17) is 14.6 Å². The van der Waals surface area contributed by atoms with Crippen molar-refractivity contribution in [3.05, 3.63) is 53.0 Å². The zero-order valence-electron chi connectivity index (χ0n) is 14.3. The van der Waals surface area contributed by atoms with Crippen molar-refractivity contribution in [2.75, 3.05) is 20.0 Å². The summed E-state index contributed by atoms with van der Waals surface area (Å²) >= 11 is 2.80. The first-order valence-electron chi connectivity index (χ1n) is 7.75. The number of rotatable bonds is 7. The molecule has 5 nitrogen and oxygen atoms in total. The second-order valence-electron chi connectivity index (χ2n) is 5.29. The maximum Gasteiger partial charge on any atom is 0.313 e. The van der Waals surface area contributed by atoms with Crippen LogP contribution in [0.15, 0.2) is 42.5 Å². The first kappa shape index (κ1) is 18.3. The van der Waals surface area contributed by atoms with Crippen molar-refractivity contribution in [1.82, 2.24) is 4.98 Å². The van der Waals surface area contributed by atoms with Crippen molar-refractivity contribution in [2.45, 2.75) is 0 Å². The summed E-state index contributed by atoms with van der Waals surface area (Å²) in [5.74, 6) is 0.363. The van der Waals surface area contributed by atoms with Gasteiger partial charge in [-0.1, -0.05) is 18.2 Å². The number of thiazole rings is 1. The standard InChI is InChI=1S/C19H17NO4S2/c1-23-14-8-7-12(9-15(14)24-2)10-17(25-11-18(21)22)19-20-13-5-3-4-6-16(13)26-19/h3-10H,11H2,1-2H3,(H,21,22)/b17-10-. The molecule has 0 unspecified atom stereocenters. The monoisotopic (exact) mass is 387 g/mol. The largest absolute Gasteiger partial charge is 0.493 e. The number of aliphatic carboxylic acids is 1. The van der Waals surface area contributed by atoms with Crippen LogP contribution < -0.4 is 9.47 Å². The summed E-state index contributed by atoms with van der Waals surface area (Å²) in [5, 5.41) is 9.86. The Bertz CT molecular complexity index is 932. The molecule has 1 aromatic heterocycles. The molecule has 0 aliphatic heterocycles. The van der Waals surface area contributed by atoms with Gasteiger partial charge in [0.1, 0.15) is 5.01 Å². The van der Waals surface area contributed by atoms with E-state index < -0.39 is 5.97 Å². The SMILES string of the molecule is COc1ccc(/C=C(\SCC(=O)O)c2nc3ccccc3s2)cc1OC. The lowest BCUT2D eigenvalue weighted by Crippen LogP contribution is -1.98. The van der Waals surface area contributed by atoms with E-state index in [1.54, 1.807) is 25.6 Å². The minimum absolute atomic E-state index is 0.0327. The van der Waals surface area contributed by atoms with E-state index >= 15 is 0 Å². The molecule has 1 N–H and O–H groups in total. The van der Waals surface area contributed by atoms with E-state index in [1.165, 1.54) is 11.8 Å². The van der Waals surface area contributed by atoms with Gasteiger partial charge in [0.05, 0.1) is 30.2 Å². The first-order chi connectivity index (χ1) is 12.6. The van der Waals surface area contributed by atoms with Crippen LogP contribution in [0.4, 0.5) is 0 Å². The predicted octanol–water partition coefficient (Wildman–Crippen LogP) is 4.63. The summed E-state index contributed by atoms with van der Waals surface area (Å²) in [6.07, 6.45) is 1.92. The van der Waals surface area contributed by atoms with Gasteiger partial charge < -0.3 is 14.6 Å². The molecule has 0 radical (unpaired) electrons. The number of fused-ring (bicyclic) bond motifs is 1. The normalized spacial score (nSPS) is 11.5. The number of ether oxygens (including phenoxy) is 2. The van der Waals surface area contributed by atoms with Gasteiger partial charge in [0.2, 0.25) is 0 Å². The number of carbonyl (C=O) groups is 1. The number of nitrogens with zero attached hydrogens (tertiary/aromatic N) is 1. The Morgan fingerprint density at radius 2 is 1.96 bits per heavy atom. The Morgan fingerprint density at radius 1 is 1.19 bits per heavy atom. The molecule has 3 aromatic rings. The van der Waals surface area contributed by atoms with E-state index in [9.17, 15) is 4.79 Å². The summed E-state index contributed by atoms with van der Waals surface area (Å²) in [4.78, 5) is 16.5. The fourth-order valence-corrected chi connectivity index (χ4v) is 4.22. The van der Waals surface area contributed by atoms with Gasteiger partial charge in [-0.25, -0.2) is 4.98 Å². The summed E-state index contributed by atoms with van der Waals surface area (Å²) < 4.78 is 11.7. The molecule has 26 heavy (non-hydrogen) atoms. The molecule has 1 heterocycles. The topological polar surface area (TPSA) is 68.7 Å². The van der Waals surface area contributed by atoms with Crippen LogP contribution in [0.25, 0.3) is 21.2 Å². The van der Waals surface area contributed by atoms with Crippen molar-refractivity contribution in [3.8, 4) is 11.5 Å². The molecule has 0 atom stereocenters. The molecule has 2 aromatic carbocycles. The Morgan fingerprint density at radius 3 is 2.65 bits per heavy atom. The highest BCUT2D eigenvalue weighted by Gasteiger charge is 2.12. The van der Waals surface area contributed by atoms with Crippen LogP contribution in [0.3, 0.4) is 0 Å². The van der Waals surface area contributed by atoms with Crippen LogP contribution >= 0.6 is 23.1 Å². The molecule has 0 amide bonds. The number of thioether (sulfide) groups is 1. The van der Waals surface area contributed by atoms with Gasteiger partial charge >= 0.3 is 5.97 Å². The van der Waals surface area contributed by atoms with E-state index in [0.29, 0.717) is 11.5 Å². The number of aromatic nitrogens is 1. The molecule has 134 valence electrons.